The molecule has 0 spiro atoms. The van der Waals surface area contributed by atoms with Gasteiger partial charge in [-0.15, -0.1) is 13.2 Å². The van der Waals surface area contributed by atoms with E-state index in [0.717, 1.165) is 0 Å². The highest BCUT2D eigenvalue weighted by atomic mass is 19.1. The highest BCUT2D eigenvalue weighted by Crippen LogP contribution is 2.27. The molecule has 2 rings (SSSR count). The second-order valence-electron chi connectivity index (χ2n) is 6.30. The maximum Gasteiger partial charge on any atom is 0.341 e. The van der Waals surface area contributed by atoms with Gasteiger partial charge in [0, 0.05) is 24.8 Å². The molecule has 0 fully saturated rings. The van der Waals surface area contributed by atoms with E-state index >= 15 is 0 Å². The van der Waals surface area contributed by atoms with Crippen LogP contribution >= 0.6 is 0 Å². The van der Waals surface area contributed by atoms with Crippen molar-refractivity contribution in [3.8, 4) is 5.75 Å². The van der Waals surface area contributed by atoms with Gasteiger partial charge in [-0.1, -0.05) is 36.4 Å². The lowest BCUT2D eigenvalue weighted by Gasteiger charge is -2.22. The van der Waals surface area contributed by atoms with Crippen molar-refractivity contribution in [2.75, 3.05) is 32.2 Å². The fraction of sp³-hybridized carbons (Fsp3) is 0.208. The molecule has 0 N–H and O–H groups in total. The third-order valence-electron chi connectivity index (χ3n) is 4.31. The first-order valence-corrected chi connectivity index (χ1v) is 9.34. The number of hydrogen-bond donors (Lipinski definition) is 0. The molecule has 0 aliphatic heterocycles. The summed E-state index contributed by atoms with van der Waals surface area (Å²) >= 11 is 0. The molecule has 0 heterocycles. The van der Waals surface area contributed by atoms with Crippen LogP contribution in [0.3, 0.4) is 0 Å². The average Bonchev–Trinajstić information content (AvgIpc) is 2.76. The Morgan fingerprint density at radius 3 is 2.40 bits per heavy atom. The quantitative estimate of drug-likeness (QED) is 0.231. The van der Waals surface area contributed by atoms with Gasteiger partial charge in [0.2, 0.25) is 0 Å². The van der Waals surface area contributed by atoms with Crippen molar-refractivity contribution in [2.45, 2.75) is 6.61 Å². The van der Waals surface area contributed by atoms with Gasteiger partial charge in [0.25, 0.3) is 0 Å². The summed E-state index contributed by atoms with van der Waals surface area (Å²) in [6.45, 7) is 8.65. The van der Waals surface area contributed by atoms with Crippen LogP contribution in [-0.4, -0.2) is 33.3 Å². The maximum atomic E-state index is 14.6. The van der Waals surface area contributed by atoms with E-state index in [-0.39, 0.29) is 17.9 Å². The molecule has 0 aliphatic rings. The zero-order valence-corrected chi connectivity index (χ0v) is 17.3. The number of anilines is 1. The Morgan fingerprint density at radius 1 is 1.10 bits per heavy atom. The monoisotopic (exact) mass is 411 g/mol. The highest BCUT2D eigenvalue weighted by Gasteiger charge is 2.17. The molecule has 0 unspecified atom stereocenters. The SMILES string of the molecule is C=CCN(CC=C)c1ccc(OCc2ccccc2C(=COC)C(=O)OC)c(F)c1. The molecule has 0 radical (unpaired) electrons. The van der Waals surface area contributed by atoms with Crippen LogP contribution < -0.4 is 9.64 Å². The van der Waals surface area contributed by atoms with E-state index in [9.17, 15) is 9.18 Å². The zero-order valence-electron chi connectivity index (χ0n) is 17.3. The van der Waals surface area contributed by atoms with E-state index in [1.54, 1.807) is 42.5 Å². The first-order chi connectivity index (χ1) is 14.5. The summed E-state index contributed by atoms with van der Waals surface area (Å²) in [6, 6.07) is 11.9. The molecule has 2 aromatic rings. The topological polar surface area (TPSA) is 48.0 Å². The molecule has 5 nitrogen and oxygen atoms in total. The smallest absolute Gasteiger partial charge is 0.341 e. The fourth-order valence-electron chi connectivity index (χ4n) is 2.91. The van der Waals surface area contributed by atoms with Crippen molar-refractivity contribution >= 4 is 17.2 Å². The third kappa shape index (κ3) is 5.73. The van der Waals surface area contributed by atoms with Crippen LogP contribution in [0.2, 0.25) is 0 Å². The van der Waals surface area contributed by atoms with Crippen LogP contribution in [0.15, 0.2) is 74.0 Å². The second kappa shape index (κ2) is 11.5. The number of nitrogens with zero attached hydrogens (tertiary/aromatic N) is 1. The Hall–Kier alpha value is -3.54. The molecule has 6 heteroatoms. The van der Waals surface area contributed by atoms with Gasteiger partial charge in [0.15, 0.2) is 11.6 Å². The molecule has 2 aromatic carbocycles. The van der Waals surface area contributed by atoms with Crippen molar-refractivity contribution in [3.63, 3.8) is 0 Å². The van der Waals surface area contributed by atoms with Gasteiger partial charge in [-0.25, -0.2) is 9.18 Å². The summed E-state index contributed by atoms with van der Waals surface area (Å²) in [6.07, 6.45) is 4.80. The Balaban J connectivity index is 2.24. The molecule has 158 valence electrons. The van der Waals surface area contributed by atoms with E-state index in [0.29, 0.717) is 29.9 Å². The first kappa shape index (κ1) is 22.7. The molecule has 0 saturated heterocycles. The van der Waals surface area contributed by atoms with Crippen molar-refractivity contribution in [2.24, 2.45) is 0 Å². The van der Waals surface area contributed by atoms with Gasteiger partial charge in [-0.3, -0.25) is 0 Å². The van der Waals surface area contributed by atoms with E-state index in [2.05, 4.69) is 13.2 Å². The van der Waals surface area contributed by atoms with Gasteiger partial charge >= 0.3 is 5.97 Å². The summed E-state index contributed by atoms with van der Waals surface area (Å²) in [5.41, 5.74) is 2.23. The summed E-state index contributed by atoms with van der Waals surface area (Å²) in [4.78, 5) is 14.0. The van der Waals surface area contributed by atoms with Crippen LogP contribution in [0.25, 0.3) is 5.57 Å². The summed E-state index contributed by atoms with van der Waals surface area (Å²) in [7, 11) is 2.74. The summed E-state index contributed by atoms with van der Waals surface area (Å²) < 4.78 is 30.2. The number of hydrogen-bond acceptors (Lipinski definition) is 5. The Bertz CT molecular complexity index is 913. The van der Waals surface area contributed by atoms with E-state index in [1.165, 1.54) is 26.5 Å². The second-order valence-corrected chi connectivity index (χ2v) is 6.30. The minimum atomic E-state index is -0.538. The van der Waals surface area contributed by atoms with Crippen molar-refractivity contribution in [3.05, 3.63) is 91.0 Å². The predicted molar refractivity (Wildman–Crippen MR) is 117 cm³/mol. The largest absolute Gasteiger partial charge is 0.503 e. The number of methoxy groups -OCH3 is 2. The normalized spacial score (nSPS) is 10.8. The van der Waals surface area contributed by atoms with E-state index in [1.807, 2.05) is 11.0 Å². The number of carbonyl (C=O) groups excluding carboxylic acids is 1. The standard InChI is InChI=1S/C24H26FNO4/c1-5-13-26(14-6-2)19-11-12-23(22(25)15-19)30-16-18-9-7-8-10-20(18)21(17-28-3)24(27)29-4/h5-12,15,17H,1-2,13-14,16H2,3-4H3. The molecule has 30 heavy (non-hydrogen) atoms. The number of halogens is 1. The van der Waals surface area contributed by atoms with Gasteiger partial charge < -0.3 is 19.1 Å². The molecular weight excluding hydrogens is 385 g/mol. The van der Waals surface area contributed by atoms with Gasteiger partial charge in [0.1, 0.15) is 12.2 Å². The van der Waals surface area contributed by atoms with Crippen molar-refractivity contribution < 1.29 is 23.4 Å². The maximum absolute atomic E-state index is 14.6. The Morgan fingerprint density at radius 2 is 1.80 bits per heavy atom. The Kier molecular flexibility index (Phi) is 8.69. The van der Waals surface area contributed by atoms with Crippen LogP contribution in [-0.2, 0) is 20.9 Å². The highest BCUT2D eigenvalue weighted by molar-refractivity contribution is 6.16. The van der Waals surface area contributed by atoms with Crippen LogP contribution in [0.5, 0.6) is 5.75 Å². The lowest BCUT2D eigenvalue weighted by atomic mass is 10.0. The van der Waals surface area contributed by atoms with Crippen molar-refractivity contribution in [1.29, 1.82) is 0 Å². The van der Waals surface area contributed by atoms with E-state index < -0.39 is 11.8 Å². The molecular formula is C24H26FNO4. The number of carbonyl (C=O) groups is 1. The van der Waals surface area contributed by atoms with Crippen LogP contribution in [0, 0.1) is 5.82 Å². The molecule has 0 atom stereocenters. The van der Waals surface area contributed by atoms with Crippen LogP contribution in [0.1, 0.15) is 11.1 Å². The third-order valence-corrected chi connectivity index (χ3v) is 4.31. The lowest BCUT2D eigenvalue weighted by molar-refractivity contribution is -0.133. The molecule has 0 aliphatic carbocycles. The van der Waals surface area contributed by atoms with Gasteiger partial charge in [-0.2, -0.15) is 0 Å². The van der Waals surface area contributed by atoms with Crippen LogP contribution in [0.4, 0.5) is 10.1 Å². The number of esters is 1. The van der Waals surface area contributed by atoms with Crippen molar-refractivity contribution in [1.82, 2.24) is 0 Å². The number of ether oxygens (including phenoxy) is 3. The Labute approximate surface area is 176 Å². The predicted octanol–water partition coefficient (Wildman–Crippen LogP) is 4.74. The van der Waals surface area contributed by atoms with Gasteiger partial charge in [-0.05, 0) is 23.3 Å². The average molecular weight is 411 g/mol. The minimum absolute atomic E-state index is 0.0630. The fourth-order valence-corrected chi connectivity index (χ4v) is 2.91. The molecule has 0 amide bonds. The molecule has 0 aromatic heterocycles. The lowest BCUT2D eigenvalue weighted by Crippen LogP contribution is -2.23. The molecule has 0 saturated carbocycles. The molecule has 0 bridgehead atoms. The number of benzene rings is 2. The van der Waals surface area contributed by atoms with E-state index in [4.69, 9.17) is 14.2 Å². The van der Waals surface area contributed by atoms with Gasteiger partial charge in [0.05, 0.1) is 20.5 Å². The first-order valence-electron chi connectivity index (χ1n) is 9.34. The summed E-state index contributed by atoms with van der Waals surface area (Å²) in [5, 5.41) is 0. The minimum Gasteiger partial charge on any atom is -0.503 e. The zero-order chi connectivity index (χ0) is 21.9. The summed E-state index contributed by atoms with van der Waals surface area (Å²) in [5.74, 6) is -0.908. The number of rotatable bonds is 11.